The topological polar surface area (TPSA) is 9.23 Å². The van der Waals surface area contributed by atoms with Crippen LogP contribution in [0.5, 0.6) is 0 Å². The highest BCUT2D eigenvalue weighted by Crippen LogP contribution is 2.66. The predicted molar refractivity (Wildman–Crippen MR) is 133 cm³/mol. The van der Waals surface area contributed by atoms with Gasteiger partial charge in [0.2, 0.25) is 0 Å². The van der Waals surface area contributed by atoms with Gasteiger partial charge in [0.1, 0.15) is 0 Å². The van der Waals surface area contributed by atoms with Crippen LogP contribution in [0.15, 0.2) is 59.4 Å². The Morgan fingerprint density at radius 1 is 1.00 bits per heavy atom. The van der Waals surface area contributed by atoms with Crippen LogP contribution in [0.3, 0.4) is 0 Å². The molecule has 4 aliphatic carbocycles. The quantitative estimate of drug-likeness (QED) is 0.446. The molecule has 168 valence electrons. The first-order chi connectivity index (χ1) is 15.0. The van der Waals surface area contributed by atoms with E-state index in [0.717, 1.165) is 30.8 Å². The molecule has 0 aromatic heterocycles. The van der Waals surface area contributed by atoms with Crippen molar-refractivity contribution < 1.29 is 4.74 Å². The summed E-state index contributed by atoms with van der Waals surface area (Å²) in [5, 5.41) is 0. The number of ether oxygens (including phenoxy) is 1. The molecule has 31 heavy (non-hydrogen) atoms. The second-order valence-electron chi connectivity index (χ2n) is 10.4. The van der Waals surface area contributed by atoms with Gasteiger partial charge < -0.3 is 4.74 Å². The SMILES string of the molecule is CC.CCOC1=CC2=C(c3ccccc3)CC3C4CC=C(C)C4(C)CC[C@@H]3C2(C)CC1. The lowest BCUT2D eigenvalue weighted by molar-refractivity contribution is -0.00947. The molecule has 1 aromatic carbocycles. The fourth-order valence-electron chi connectivity index (χ4n) is 7.43. The highest BCUT2D eigenvalue weighted by molar-refractivity contribution is 5.74. The third kappa shape index (κ3) is 3.53. The van der Waals surface area contributed by atoms with Gasteiger partial charge in [-0.2, -0.15) is 0 Å². The summed E-state index contributed by atoms with van der Waals surface area (Å²) in [7, 11) is 0. The Hall–Kier alpha value is -1.76. The molecule has 0 N–H and O–H groups in total. The van der Waals surface area contributed by atoms with Crippen LogP contribution in [0.25, 0.3) is 5.57 Å². The van der Waals surface area contributed by atoms with Crippen LogP contribution < -0.4 is 0 Å². The highest BCUT2D eigenvalue weighted by Gasteiger charge is 2.56. The van der Waals surface area contributed by atoms with E-state index in [2.05, 4.69) is 70.2 Å². The van der Waals surface area contributed by atoms with Gasteiger partial charge in [-0.1, -0.05) is 69.7 Å². The lowest BCUT2D eigenvalue weighted by atomic mass is 9.47. The number of rotatable bonds is 3. The van der Waals surface area contributed by atoms with Gasteiger partial charge in [0.25, 0.3) is 0 Å². The first-order valence-corrected chi connectivity index (χ1v) is 12.8. The second-order valence-corrected chi connectivity index (χ2v) is 10.4. The second kappa shape index (κ2) is 8.64. The fourth-order valence-corrected chi connectivity index (χ4v) is 7.43. The molecular weight excluding hydrogens is 376 g/mol. The summed E-state index contributed by atoms with van der Waals surface area (Å²) in [5.41, 5.74) is 6.98. The monoisotopic (exact) mass is 418 g/mol. The fraction of sp³-hybridized carbons (Fsp3) is 0.600. The van der Waals surface area contributed by atoms with Crippen molar-refractivity contribution in [3.63, 3.8) is 0 Å². The van der Waals surface area contributed by atoms with Gasteiger partial charge >= 0.3 is 0 Å². The zero-order valence-electron chi connectivity index (χ0n) is 20.6. The largest absolute Gasteiger partial charge is 0.498 e. The maximum absolute atomic E-state index is 6.02. The Kier molecular flexibility index (Phi) is 6.25. The van der Waals surface area contributed by atoms with Gasteiger partial charge in [-0.05, 0) is 97.3 Å². The summed E-state index contributed by atoms with van der Waals surface area (Å²) in [4.78, 5) is 0. The summed E-state index contributed by atoms with van der Waals surface area (Å²) in [6.07, 6.45) is 12.6. The van der Waals surface area contributed by atoms with Crippen LogP contribution in [0.1, 0.15) is 85.6 Å². The van der Waals surface area contributed by atoms with Crippen molar-refractivity contribution in [1.82, 2.24) is 0 Å². The molecule has 1 saturated carbocycles. The summed E-state index contributed by atoms with van der Waals surface area (Å²) < 4.78 is 6.02. The average Bonchev–Trinajstić information content (AvgIpc) is 3.10. The van der Waals surface area contributed by atoms with Crippen molar-refractivity contribution >= 4 is 5.57 Å². The Balaban J connectivity index is 0.00000112. The zero-order valence-corrected chi connectivity index (χ0v) is 20.6. The molecule has 5 rings (SSSR count). The Labute approximate surface area is 190 Å². The van der Waals surface area contributed by atoms with Crippen LogP contribution in [-0.2, 0) is 4.74 Å². The minimum absolute atomic E-state index is 0.284. The van der Waals surface area contributed by atoms with Gasteiger partial charge in [-0.15, -0.1) is 0 Å². The lowest BCUT2D eigenvalue weighted by Gasteiger charge is -2.58. The normalized spacial score (nSPS) is 36.3. The molecule has 5 atom stereocenters. The molecular formula is C30H42O. The van der Waals surface area contributed by atoms with Crippen LogP contribution in [-0.4, -0.2) is 6.61 Å². The first kappa shape index (κ1) is 22.4. The van der Waals surface area contributed by atoms with Gasteiger partial charge in [-0.25, -0.2) is 0 Å². The molecule has 0 spiro atoms. The van der Waals surface area contributed by atoms with E-state index in [-0.39, 0.29) is 5.41 Å². The van der Waals surface area contributed by atoms with E-state index in [0.29, 0.717) is 5.41 Å². The van der Waals surface area contributed by atoms with Gasteiger partial charge in [0, 0.05) is 6.42 Å². The standard InChI is InChI=1S/C28H36O.C2H6/c1-5-29-21-13-15-28(4)25-14-16-27(3)19(2)11-12-24(27)23(25)18-22(26(28)17-21)20-9-7-6-8-10-20;1-2/h6-11,17,23-25H,5,12-16,18H2,1-4H3;1-2H3/t23?,24?,25-,27?,28?;/m0./s1. The van der Waals surface area contributed by atoms with Crippen molar-refractivity contribution in [3.05, 3.63) is 65.0 Å². The molecule has 0 amide bonds. The Morgan fingerprint density at radius 2 is 1.74 bits per heavy atom. The van der Waals surface area contributed by atoms with Gasteiger partial charge in [-0.3, -0.25) is 0 Å². The Morgan fingerprint density at radius 3 is 2.45 bits per heavy atom. The van der Waals surface area contributed by atoms with E-state index in [1.165, 1.54) is 43.4 Å². The molecule has 1 aromatic rings. The predicted octanol–water partition coefficient (Wildman–Crippen LogP) is 8.59. The number of hydrogen-bond acceptors (Lipinski definition) is 1. The molecule has 0 saturated heterocycles. The van der Waals surface area contributed by atoms with E-state index in [9.17, 15) is 0 Å². The van der Waals surface area contributed by atoms with E-state index in [4.69, 9.17) is 4.74 Å². The van der Waals surface area contributed by atoms with Gasteiger partial charge in [0.15, 0.2) is 0 Å². The highest BCUT2D eigenvalue weighted by atomic mass is 16.5. The van der Waals surface area contributed by atoms with Crippen molar-refractivity contribution in [3.8, 4) is 0 Å². The van der Waals surface area contributed by atoms with Crippen LogP contribution in [0, 0.1) is 28.6 Å². The summed E-state index contributed by atoms with van der Waals surface area (Å²) in [6, 6.07) is 11.2. The van der Waals surface area contributed by atoms with E-state index in [1.807, 2.05) is 13.8 Å². The smallest absolute Gasteiger partial charge is 0.0962 e. The number of benzene rings is 1. The van der Waals surface area contributed by atoms with Crippen molar-refractivity contribution in [2.45, 2.75) is 80.1 Å². The van der Waals surface area contributed by atoms with Crippen LogP contribution >= 0.6 is 0 Å². The molecule has 0 radical (unpaired) electrons. The summed E-state index contributed by atoms with van der Waals surface area (Å²) >= 11 is 0. The van der Waals surface area contributed by atoms with Crippen molar-refractivity contribution in [1.29, 1.82) is 0 Å². The molecule has 0 aliphatic heterocycles. The maximum Gasteiger partial charge on any atom is 0.0962 e. The van der Waals surface area contributed by atoms with Crippen molar-refractivity contribution in [2.75, 3.05) is 6.61 Å². The minimum atomic E-state index is 0.284. The molecule has 4 aliphatic rings. The average molecular weight is 419 g/mol. The number of allylic oxidation sites excluding steroid dienone is 6. The van der Waals surface area contributed by atoms with Crippen LogP contribution in [0.4, 0.5) is 0 Å². The molecule has 1 fully saturated rings. The maximum atomic E-state index is 6.02. The summed E-state index contributed by atoms with van der Waals surface area (Å²) in [5.74, 6) is 3.62. The molecule has 1 nitrogen and oxygen atoms in total. The summed E-state index contributed by atoms with van der Waals surface area (Å²) in [6.45, 7) is 14.4. The molecule has 4 unspecified atom stereocenters. The van der Waals surface area contributed by atoms with Crippen LogP contribution in [0.2, 0.25) is 0 Å². The first-order valence-electron chi connectivity index (χ1n) is 12.8. The number of fused-ring (bicyclic) bond motifs is 5. The third-order valence-electron chi connectivity index (χ3n) is 9.25. The van der Waals surface area contributed by atoms with Crippen molar-refractivity contribution in [2.24, 2.45) is 28.6 Å². The van der Waals surface area contributed by atoms with Gasteiger partial charge in [0.05, 0.1) is 12.4 Å². The minimum Gasteiger partial charge on any atom is -0.498 e. The molecule has 0 bridgehead atoms. The molecule has 0 heterocycles. The molecule has 1 heteroatoms. The number of hydrogen-bond donors (Lipinski definition) is 0. The lowest BCUT2D eigenvalue weighted by Crippen LogP contribution is -2.49. The third-order valence-corrected chi connectivity index (χ3v) is 9.25. The zero-order chi connectivity index (χ0) is 22.2. The van der Waals surface area contributed by atoms with E-state index < -0.39 is 0 Å². The van der Waals surface area contributed by atoms with E-state index in [1.54, 1.807) is 16.7 Å². The van der Waals surface area contributed by atoms with E-state index >= 15 is 0 Å². The Bertz CT molecular complexity index is 888.